The average Bonchev–Trinajstić information content (AvgIpc) is 3.00. The highest BCUT2D eigenvalue weighted by atomic mass is 16.7. The maximum atomic E-state index is 12.2. The third kappa shape index (κ3) is 31.8. The number of carbonyl (C=O) groups is 3. The highest BCUT2D eigenvalue weighted by Crippen LogP contribution is 2.16. The summed E-state index contributed by atoms with van der Waals surface area (Å²) in [4.78, 5) is 36.0. The van der Waals surface area contributed by atoms with Crippen LogP contribution in [0.4, 0.5) is 0 Å². The van der Waals surface area contributed by atoms with E-state index >= 15 is 0 Å². The Hall–Kier alpha value is -1.59. The Balaban J connectivity index is 3.63. The standard InChI is InChI=1S/C38H73NO5/c1-3-5-7-9-11-13-15-17-19-21-23-25-27-29-31-33-35(40)43-38(37(39)42)44-36(41)34-32-30-28-26-24-22-20-18-16-14-12-10-8-6-4-2/h38H,3-34H2,1-2H3,(H2,39,42). The van der Waals surface area contributed by atoms with Gasteiger partial charge in [0, 0.05) is 12.8 Å². The van der Waals surface area contributed by atoms with E-state index < -0.39 is 24.1 Å². The topological polar surface area (TPSA) is 95.7 Å². The van der Waals surface area contributed by atoms with Crippen molar-refractivity contribution in [2.45, 2.75) is 226 Å². The van der Waals surface area contributed by atoms with Crippen LogP contribution in [0, 0.1) is 0 Å². The van der Waals surface area contributed by atoms with Gasteiger partial charge in [-0.15, -0.1) is 0 Å². The third-order valence-corrected chi connectivity index (χ3v) is 8.68. The summed E-state index contributed by atoms with van der Waals surface area (Å²) in [5, 5.41) is 0. The van der Waals surface area contributed by atoms with Crippen molar-refractivity contribution in [3.05, 3.63) is 0 Å². The zero-order chi connectivity index (χ0) is 32.4. The summed E-state index contributed by atoms with van der Waals surface area (Å²) >= 11 is 0. The fourth-order valence-corrected chi connectivity index (χ4v) is 5.78. The second kappa shape index (κ2) is 34.3. The van der Waals surface area contributed by atoms with Crippen LogP contribution in [0.25, 0.3) is 0 Å². The van der Waals surface area contributed by atoms with Crippen molar-refractivity contribution < 1.29 is 23.9 Å². The summed E-state index contributed by atoms with van der Waals surface area (Å²) in [6, 6.07) is 0. The normalized spacial score (nSPS) is 11.2. The molecule has 0 spiro atoms. The monoisotopic (exact) mass is 624 g/mol. The number of unbranched alkanes of at least 4 members (excludes halogenated alkanes) is 28. The van der Waals surface area contributed by atoms with Gasteiger partial charge < -0.3 is 15.2 Å². The second-order valence-electron chi connectivity index (χ2n) is 13.1. The molecule has 0 radical (unpaired) electrons. The van der Waals surface area contributed by atoms with Crippen LogP contribution in [0.3, 0.4) is 0 Å². The van der Waals surface area contributed by atoms with Gasteiger partial charge in [-0.05, 0) is 12.8 Å². The van der Waals surface area contributed by atoms with E-state index in [4.69, 9.17) is 15.2 Å². The Bertz CT molecular complexity index is 605. The summed E-state index contributed by atoms with van der Waals surface area (Å²) < 4.78 is 10.1. The third-order valence-electron chi connectivity index (χ3n) is 8.68. The smallest absolute Gasteiger partial charge is 0.325 e. The highest BCUT2D eigenvalue weighted by molar-refractivity contribution is 5.83. The maximum Gasteiger partial charge on any atom is 0.325 e. The first kappa shape index (κ1) is 42.4. The quantitative estimate of drug-likeness (QED) is 0.0430. The lowest BCUT2D eigenvalue weighted by atomic mass is 10.0. The summed E-state index contributed by atoms with van der Waals surface area (Å²) in [5.74, 6) is -2.02. The molecule has 0 aliphatic heterocycles. The largest absolute Gasteiger partial charge is 0.416 e. The fourth-order valence-electron chi connectivity index (χ4n) is 5.78. The molecule has 1 amide bonds. The first-order valence-corrected chi connectivity index (χ1v) is 19.2. The van der Waals surface area contributed by atoms with Crippen LogP contribution in [0.2, 0.25) is 0 Å². The lowest BCUT2D eigenvalue weighted by Crippen LogP contribution is -2.37. The van der Waals surface area contributed by atoms with E-state index in [0.29, 0.717) is 12.8 Å². The van der Waals surface area contributed by atoms with E-state index in [0.717, 1.165) is 25.7 Å². The minimum Gasteiger partial charge on any atom is -0.416 e. The van der Waals surface area contributed by atoms with Crippen LogP contribution in [0.15, 0.2) is 0 Å². The molecule has 44 heavy (non-hydrogen) atoms. The molecular formula is C38H73NO5. The molecule has 0 aliphatic carbocycles. The van der Waals surface area contributed by atoms with Crippen molar-refractivity contribution in [3.8, 4) is 0 Å². The van der Waals surface area contributed by atoms with Gasteiger partial charge in [0.05, 0.1) is 0 Å². The Morgan fingerprint density at radius 1 is 0.386 bits per heavy atom. The minimum atomic E-state index is -1.62. The molecule has 0 unspecified atom stereocenters. The number of nitrogens with two attached hydrogens (primary N) is 1. The molecule has 2 N–H and O–H groups in total. The number of primary amides is 1. The SMILES string of the molecule is CCCCCCCCCCCCCCCCCC(=O)OC(OC(=O)CCCCCCCCCCCCCCCCC)C(N)=O. The van der Waals surface area contributed by atoms with Crippen molar-refractivity contribution in [1.29, 1.82) is 0 Å². The molecule has 0 aromatic rings. The van der Waals surface area contributed by atoms with Crippen molar-refractivity contribution >= 4 is 17.8 Å². The summed E-state index contributed by atoms with van der Waals surface area (Å²) in [6.45, 7) is 4.52. The summed E-state index contributed by atoms with van der Waals surface area (Å²) in [6.07, 6.45) is 36.4. The number of carbonyl (C=O) groups excluding carboxylic acids is 3. The van der Waals surface area contributed by atoms with E-state index in [2.05, 4.69) is 13.8 Å². The molecule has 0 saturated heterocycles. The van der Waals surface area contributed by atoms with Crippen LogP contribution in [0.1, 0.15) is 219 Å². The molecule has 0 bridgehead atoms. The molecule has 0 heterocycles. The predicted molar refractivity (Wildman–Crippen MR) is 184 cm³/mol. The van der Waals surface area contributed by atoms with Crippen molar-refractivity contribution in [2.75, 3.05) is 0 Å². The Kier molecular flexibility index (Phi) is 33.0. The van der Waals surface area contributed by atoms with Gasteiger partial charge in [-0.25, -0.2) is 0 Å². The van der Waals surface area contributed by atoms with E-state index in [1.54, 1.807) is 0 Å². The number of ether oxygens (including phenoxy) is 2. The van der Waals surface area contributed by atoms with Crippen LogP contribution in [-0.4, -0.2) is 24.1 Å². The Labute approximate surface area is 272 Å². The molecule has 0 fully saturated rings. The molecule has 6 nitrogen and oxygen atoms in total. The van der Waals surface area contributed by atoms with Crippen LogP contribution in [0.5, 0.6) is 0 Å². The predicted octanol–water partition coefficient (Wildman–Crippen LogP) is 11.4. The molecular weight excluding hydrogens is 550 g/mol. The van der Waals surface area contributed by atoms with Gasteiger partial charge in [-0.3, -0.25) is 14.4 Å². The molecule has 0 aliphatic rings. The summed E-state index contributed by atoms with van der Waals surface area (Å²) in [7, 11) is 0. The van der Waals surface area contributed by atoms with Crippen molar-refractivity contribution in [2.24, 2.45) is 5.73 Å². The molecule has 260 valence electrons. The van der Waals surface area contributed by atoms with Gasteiger partial charge in [0.2, 0.25) is 0 Å². The van der Waals surface area contributed by atoms with E-state index in [1.807, 2.05) is 0 Å². The van der Waals surface area contributed by atoms with Gasteiger partial charge in [-0.1, -0.05) is 194 Å². The van der Waals surface area contributed by atoms with Gasteiger partial charge in [0.25, 0.3) is 5.91 Å². The number of hydrogen-bond acceptors (Lipinski definition) is 5. The minimum absolute atomic E-state index is 0.207. The number of amides is 1. The highest BCUT2D eigenvalue weighted by Gasteiger charge is 2.24. The average molecular weight is 624 g/mol. The fraction of sp³-hybridized carbons (Fsp3) is 0.921. The van der Waals surface area contributed by atoms with Crippen molar-refractivity contribution in [1.82, 2.24) is 0 Å². The second-order valence-corrected chi connectivity index (χ2v) is 13.1. The Morgan fingerprint density at radius 2 is 0.591 bits per heavy atom. The summed E-state index contributed by atoms with van der Waals surface area (Å²) in [5.41, 5.74) is 5.31. The van der Waals surface area contributed by atoms with E-state index in [-0.39, 0.29) is 12.8 Å². The first-order chi connectivity index (χ1) is 21.5. The molecule has 0 atom stereocenters. The van der Waals surface area contributed by atoms with Gasteiger partial charge in [-0.2, -0.15) is 0 Å². The van der Waals surface area contributed by atoms with Gasteiger partial charge >= 0.3 is 18.2 Å². The van der Waals surface area contributed by atoms with Gasteiger partial charge in [0.1, 0.15) is 0 Å². The van der Waals surface area contributed by atoms with Gasteiger partial charge in [0.15, 0.2) is 0 Å². The zero-order valence-electron chi connectivity index (χ0n) is 29.3. The molecule has 0 aromatic carbocycles. The lowest BCUT2D eigenvalue weighted by molar-refractivity contribution is -0.191. The van der Waals surface area contributed by atoms with Crippen LogP contribution in [-0.2, 0) is 23.9 Å². The molecule has 0 aromatic heterocycles. The van der Waals surface area contributed by atoms with Crippen LogP contribution >= 0.6 is 0 Å². The van der Waals surface area contributed by atoms with Crippen LogP contribution < -0.4 is 5.73 Å². The molecule has 0 saturated carbocycles. The maximum absolute atomic E-state index is 12.2. The first-order valence-electron chi connectivity index (χ1n) is 19.2. The lowest BCUT2D eigenvalue weighted by Gasteiger charge is -2.15. The molecule has 6 heteroatoms. The molecule has 0 rings (SSSR count). The van der Waals surface area contributed by atoms with E-state index in [9.17, 15) is 14.4 Å². The number of hydrogen-bond donors (Lipinski definition) is 1. The number of rotatable bonds is 35. The number of esters is 2. The van der Waals surface area contributed by atoms with Crippen molar-refractivity contribution in [3.63, 3.8) is 0 Å². The zero-order valence-corrected chi connectivity index (χ0v) is 29.3. The van der Waals surface area contributed by atoms with E-state index in [1.165, 1.54) is 154 Å². The Morgan fingerprint density at radius 3 is 0.795 bits per heavy atom.